The van der Waals surface area contributed by atoms with Crippen molar-refractivity contribution < 1.29 is 14.1 Å². The van der Waals surface area contributed by atoms with Crippen molar-refractivity contribution in [3.05, 3.63) is 83.9 Å². The van der Waals surface area contributed by atoms with Gasteiger partial charge in [0, 0.05) is 6.42 Å². The summed E-state index contributed by atoms with van der Waals surface area (Å²) in [6.07, 6.45) is 9.48. The first-order valence-electron chi connectivity index (χ1n) is 15.0. The first-order valence-corrected chi connectivity index (χ1v) is 15.0. The first-order chi connectivity index (χ1) is 20.3. The summed E-state index contributed by atoms with van der Waals surface area (Å²) in [7, 11) is -0.470. The van der Waals surface area contributed by atoms with Gasteiger partial charge in [0.05, 0.1) is 17.6 Å². The maximum absolute atomic E-state index is 13.3. The Hall–Kier alpha value is -3.74. The van der Waals surface area contributed by atoms with Crippen molar-refractivity contribution in [2.45, 2.75) is 76.9 Å². The SMILES string of the molecule is CC1(C)[C@@H]2C[C@H]3OB(C(Cc4ccccc4)NC(=O)CCCc4cccc(C=C(C#N)n5cncn5)c4)O[C@@]3(C)[C@H]1C2. The van der Waals surface area contributed by atoms with Gasteiger partial charge < -0.3 is 14.6 Å². The Labute approximate surface area is 248 Å². The van der Waals surface area contributed by atoms with E-state index in [4.69, 9.17) is 9.31 Å². The summed E-state index contributed by atoms with van der Waals surface area (Å²) in [6, 6.07) is 20.4. The molecule has 4 fully saturated rings. The normalized spacial score (nSPS) is 26.6. The summed E-state index contributed by atoms with van der Waals surface area (Å²) >= 11 is 0. The van der Waals surface area contributed by atoms with Gasteiger partial charge in [-0.15, -0.1) is 0 Å². The maximum atomic E-state index is 13.3. The van der Waals surface area contributed by atoms with Gasteiger partial charge in [0.25, 0.3) is 0 Å². The molecule has 42 heavy (non-hydrogen) atoms. The maximum Gasteiger partial charge on any atom is 0.482 e. The molecular formula is C33H38BN5O3. The Morgan fingerprint density at radius 1 is 1.19 bits per heavy atom. The average molecular weight is 564 g/mol. The lowest BCUT2D eigenvalue weighted by atomic mass is 9.43. The first kappa shape index (κ1) is 28.4. The molecule has 1 N–H and O–H groups in total. The molecule has 0 spiro atoms. The lowest BCUT2D eigenvalue weighted by Gasteiger charge is -2.64. The van der Waals surface area contributed by atoms with Crippen LogP contribution in [-0.4, -0.2) is 45.4 Å². The van der Waals surface area contributed by atoms with E-state index in [-0.39, 0.29) is 29.0 Å². The Bertz CT molecular complexity index is 1480. The predicted molar refractivity (Wildman–Crippen MR) is 161 cm³/mol. The van der Waals surface area contributed by atoms with Gasteiger partial charge in [0.2, 0.25) is 5.91 Å². The molecule has 1 aromatic heterocycles. The number of carbonyl (C=O) groups is 1. The zero-order valence-electron chi connectivity index (χ0n) is 24.6. The Kier molecular flexibility index (Phi) is 7.78. The van der Waals surface area contributed by atoms with Crippen LogP contribution in [0.15, 0.2) is 67.3 Å². The zero-order valence-corrected chi connectivity index (χ0v) is 24.6. The van der Waals surface area contributed by atoms with E-state index >= 15 is 0 Å². The summed E-state index contributed by atoms with van der Waals surface area (Å²) in [5.74, 6) is 0.880. The van der Waals surface area contributed by atoms with Gasteiger partial charge in [-0.25, -0.2) is 9.67 Å². The van der Waals surface area contributed by atoms with Crippen LogP contribution in [-0.2, 0) is 26.9 Å². The third-order valence-electron chi connectivity index (χ3n) is 9.85. The third kappa shape index (κ3) is 5.54. The molecule has 1 aliphatic heterocycles. The number of hydrogen-bond donors (Lipinski definition) is 1. The third-order valence-corrected chi connectivity index (χ3v) is 9.85. The van der Waals surface area contributed by atoms with E-state index in [0.717, 1.165) is 29.5 Å². The summed E-state index contributed by atoms with van der Waals surface area (Å²) < 4.78 is 14.8. The minimum Gasteiger partial charge on any atom is -0.404 e. The number of aryl methyl sites for hydroxylation is 1. The number of hydrogen-bond acceptors (Lipinski definition) is 6. The molecule has 3 aromatic rings. The molecule has 3 aliphatic carbocycles. The van der Waals surface area contributed by atoms with Crippen molar-refractivity contribution in [2.75, 3.05) is 0 Å². The fourth-order valence-corrected chi connectivity index (χ4v) is 7.36. The molecular weight excluding hydrogens is 525 g/mol. The highest BCUT2D eigenvalue weighted by molar-refractivity contribution is 6.48. The van der Waals surface area contributed by atoms with Crippen LogP contribution in [0.1, 0.15) is 63.1 Å². The van der Waals surface area contributed by atoms with E-state index in [1.165, 1.54) is 23.8 Å². The molecule has 3 saturated carbocycles. The predicted octanol–water partition coefficient (Wildman–Crippen LogP) is 5.12. The molecule has 1 saturated heterocycles. The number of amides is 1. The second-order valence-corrected chi connectivity index (χ2v) is 12.8. The van der Waals surface area contributed by atoms with Crippen LogP contribution in [0.5, 0.6) is 0 Å². The molecule has 9 heteroatoms. The van der Waals surface area contributed by atoms with Crippen molar-refractivity contribution in [3.8, 4) is 6.07 Å². The molecule has 7 rings (SSSR count). The highest BCUT2D eigenvalue weighted by atomic mass is 16.7. The van der Waals surface area contributed by atoms with Gasteiger partial charge in [0.1, 0.15) is 24.4 Å². The Morgan fingerprint density at radius 3 is 2.74 bits per heavy atom. The lowest BCUT2D eigenvalue weighted by molar-refractivity contribution is -0.199. The van der Waals surface area contributed by atoms with Gasteiger partial charge in [-0.3, -0.25) is 4.79 Å². The Balaban J connectivity index is 1.09. The van der Waals surface area contributed by atoms with Crippen molar-refractivity contribution >= 4 is 24.8 Å². The van der Waals surface area contributed by atoms with Gasteiger partial charge in [-0.2, -0.15) is 10.4 Å². The molecule has 2 bridgehead atoms. The summed E-state index contributed by atoms with van der Waals surface area (Å²) in [4.78, 5) is 17.2. The minimum absolute atomic E-state index is 0.00165. The van der Waals surface area contributed by atoms with Crippen LogP contribution in [0, 0.1) is 28.6 Å². The number of nitrogens with one attached hydrogen (secondary N) is 1. The molecule has 8 nitrogen and oxygen atoms in total. The molecule has 4 aliphatic rings. The van der Waals surface area contributed by atoms with E-state index in [2.05, 4.69) is 54.4 Å². The largest absolute Gasteiger partial charge is 0.482 e. The molecule has 1 amide bonds. The van der Waals surface area contributed by atoms with Crippen LogP contribution in [0.25, 0.3) is 11.8 Å². The summed E-state index contributed by atoms with van der Waals surface area (Å²) in [6.45, 7) is 6.94. The highest BCUT2D eigenvalue weighted by Gasteiger charge is 2.68. The molecule has 1 unspecified atom stereocenters. The number of carbonyl (C=O) groups excluding carboxylic acids is 1. The number of allylic oxidation sites excluding steroid dienone is 1. The second kappa shape index (κ2) is 11.5. The smallest absolute Gasteiger partial charge is 0.404 e. The highest BCUT2D eigenvalue weighted by Crippen LogP contribution is 2.65. The number of rotatable bonds is 10. The van der Waals surface area contributed by atoms with Gasteiger partial charge in [-0.05, 0) is 79.0 Å². The fourth-order valence-electron chi connectivity index (χ4n) is 7.36. The van der Waals surface area contributed by atoms with Crippen LogP contribution < -0.4 is 5.32 Å². The van der Waals surface area contributed by atoms with Crippen molar-refractivity contribution in [2.24, 2.45) is 17.3 Å². The van der Waals surface area contributed by atoms with Gasteiger partial charge in [0.15, 0.2) is 0 Å². The lowest BCUT2D eigenvalue weighted by Crippen LogP contribution is -2.65. The van der Waals surface area contributed by atoms with Crippen molar-refractivity contribution in [1.82, 2.24) is 20.1 Å². The van der Waals surface area contributed by atoms with Crippen LogP contribution in [0.2, 0.25) is 0 Å². The average Bonchev–Trinajstić information content (AvgIpc) is 3.64. The number of nitriles is 1. The van der Waals surface area contributed by atoms with E-state index in [1.54, 1.807) is 6.08 Å². The summed E-state index contributed by atoms with van der Waals surface area (Å²) in [5.41, 5.74) is 3.49. The molecule has 5 atom stereocenters. The second-order valence-electron chi connectivity index (χ2n) is 12.8. The van der Waals surface area contributed by atoms with Crippen molar-refractivity contribution in [3.63, 3.8) is 0 Å². The topological polar surface area (TPSA) is 102 Å². The molecule has 216 valence electrons. The molecule has 0 radical (unpaired) electrons. The molecule has 2 heterocycles. The standard InChI is InChI=1S/C33H38BN5O3/c1-32(2)26-18-28(32)33(3)29(19-26)41-34(42-33)30(17-24-9-5-4-6-10-24)38-31(40)14-8-12-23-11-7-13-25(15-23)16-27(20-35)39-22-36-21-37-39/h4-7,9-11,13,15-16,21-22,26,28-30H,8,12,14,17-19H2,1-3H3,(H,38,40)/t26-,28-,29+,30?,33-/m0/s1. The van der Waals surface area contributed by atoms with Crippen LogP contribution in [0.3, 0.4) is 0 Å². The van der Waals surface area contributed by atoms with Crippen LogP contribution >= 0.6 is 0 Å². The van der Waals surface area contributed by atoms with Crippen molar-refractivity contribution in [1.29, 1.82) is 5.26 Å². The van der Waals surface area contributed by atoms with E-state index < -0.39 is 7.12 Å². The van der Waals surface area contributed by atoms with Crippen LogP contribution in [0.4, 0.5) is 0 Å². The quantitative estimate of drug-likeness (QED) is 0.272. The van der Waals surface area contributed by atoms with Gasteiger partial charge >= 0.3 is 7.12 Å². The zero-order chi connectivity index (χ0) is 29.3. The minimum atomic E-state index is -0.470. The van der Waals surface area contributed by atoms with E-state index in [9.17, 15) is 10.1 Å². The number of nitrogens with zero attached hydrogens (tertiary/aromatic N) is 4. The Morgan fingerprint density at radius 2 is 2.00 bits per heavy atom. The van der Waals surface area contributed by atoms with E-state index in [1.807, 2.05) is 42.5 Å². The van der Waals surface area contributed by atoms with Gasteiger partial charge in [-0.1, -0.05) is 68.4 Å². The monoisotopic (exact) mass is 563 g/mol. The molecule has 2 aromatic carbocycles. The number of aromatic nitrogens is 3. The fraction of sp³-hybridized carbons (Fsp3) is 0.455. The summed E-state index contributed by atoms with van der Waals surface area (Å²) in [5, 5.41) is 16.8. The number of benzene rings is 2. The van der Waals surface area contributed by atoms with E-state index in [0.29, 0.717) is 36.8 Å².